The summed E-state index contributed by atoms with van der Waals surface area (Å²) in [6.45, 7) is 0. The van der Waals surface area contributed by atoms with Gasteiger partial charge in [-0.2, -0.15) is 0 Å². The third kappa shape index (κ3) is 3.07. The van der Waals surface area contributed by atoms with Crippen molar-refractivity contribution >= 4 is 15.9 Å². The molecule has 2 nitrogen and oxygen atoms in total. The molecule has 1 heterocycles. The highest BCUT2D eigenvalue weighted by Gasteiger charge is 2.24. The monoisotopic (exact) mass is 255 g/mol. The minimum atomic E-state index is -0.212. The van der Waals surface area contributed by atoms with Gasteiger partial charge in [-0.15, -0.1) is 0 Å². The lowest BCUT2D eigenvalue weighted by Gasteiger charge is -2.08. The maximum absolute atomic E-state index is 9.73. The van der Waals surface area contributed by atoms with Crippen LogP contribution in [-0.4, -0.2) is 16.2 Å². The van der Waals surface area contributed by atoms with Crippen LogP contribution in [0.25, 0.3) is 0 Å². The number of nitrogens with zero attached hydrogens (tertiary/aromatic N) is 1. The second kappa shape index (κ2) is 4.41. The van der Waals surface area contributed by atoms with Gasteiger partial charge in [-0.1, -0.05) is 12.8 Å². The van der Waals surface area contributed by atoms with Gasteiger partial charge in [-0.05, 0) is 40.4 Å². The molecule has 0 radical (unpaired) electrons. The van der Waals surface area contributed by atoms with E-state index in [1.807, 2.05) is 12.1 Å². The SMILES string of the molecule is OC(Cc1ccc(Br)cn1)CC1CC1. The summed E-state index contributed by atoms with van der Waals surface area (Å²) in [5, 5.41) is 9.73. The lowest BCUT2D eigenvalue weighted by Crippen LogP contribution is -2.12. The first-order valence-corrected chi connectivity index (χ1v) is 5.82. The predicted octanol–water partition coefficient (Wildman–Crippen LogP) is 2.55. The van der Waals surface area contributed by atoms with E-state index in [1.165, 1.54) is 12.8 Å². The van der Waals surface area contributed by atoms with Gasteiger partial charge in [0.05, 0.1) is 6.10 Å². The molecule has 1 aliphatic carbocycles. The molecule has 0 amide bonds. The van der Waals surface area contributed by atoms with Crippen LogP contribution in [0.3, 0.4) is 0 Å². The lowest BCUT2D eigenvalue weighted by atomic mass is 10.1. The van der Waals surface area contributed by atoms with Crippen molar-refractivity contribution in [3.8, 4) is 0 Å². The van der Waals surface area contributed by atoms with Gasteiger partial charge in [0.1, 0.15) is 0 Å². The van der Waals surface area contributed by atoms with Crippen molar-refractivity contribution in [2.75, 3.05) is 0 Å². The third-order valence-corrected chi connectivity index (χ3v) is 3.00. The highest BCUT2D eigenvalue weighted by molar-refractivity contribution is 9.10. The molecular formula is C11H14BrNO. The highest BCUT2D eigenvalue weighted by atomic mass is 79.9. The van der Waals surface area contributed by atoms with Gasteiger partial charge in [-0.3, -0.25) is 4.98 Å². The number of aliphatic hydroxyl groups excluding tert-OH is 1. The van der Waals surface area contributed by atoms with Crippen LogP contribution in [0.1, 0.15) is 25.0 Å². The minimum absolute atomic E-state index is 0.212. The summed E-state index contributed by atoms with van der Waals surface area (Å²) in [5.74, 6) is 0.778. The van der Waals surface area contributed by atoms with Crippen LogP contribution in [0.4, 0.5) is 0 Å². The number of pyridine rings is 1. The Morgan fingerprint density at radius 1 is 1.50 bits per heavy atom. The second-order valence-electron chi connectivity index (χ2n) is 4.00. The molecule has 0 aromatic carbocycles. The molecular weight excluding hydrogens is 242 g/mol. The number of rotatable bonds is 4. The molecule has 0 saturated heterocycles. The topological polar surface area (TPSA) is 33.1 Å². The van der Waals surface area contributed by atoms with Crippen LogP contribution in [0, 0.1) is 5.92 Å². The van der Waals surface area contributed by atoms with E-state index < -0.39 is 0 Å². The number of halogens is 1. The predicted molar refractivity (Wildman–Crippen MR) is 59.0 cm³/mol. The molecule has 0 bridgehead atoms. The molecule has 1 fully saturated rings. The average Bonchev–Trinajstić information content (AvgIpc) is 2.93. The Labute approximate surface area is 92.5 Å². The van der Waals surface area contributed by atoms with E-state index in [0.717, 1.165) is 22.5 Å². The highest BCUT2D eigenvalue weighted by Crippen LogP contribution is 2.33. The van der Waals surface area contributed by atoms with Crippen LogP contribution in [0.2, 0.25) is 0 Å². The maximum Gasteiger partial charge on any atom is 0.0598 e. The first-order valence-electron chi connectivity index (χ1n) is 5.02. The smallest absolute Gasteiger partial charge is 0.0598 e. The van der Waals surface area contributed by atoms with E-state index >= 15 is 0 Å². The molecule has 1 aromatic heterocycles. The lowest BCUT2D eigenvalue weighted by molar-refractivity contribution is 0.157. The Hall–Kier alpha value is -0.410. The van der Waals surface area contributed by atoms with Crippen molar-refractivity contribution in [2.45, 2.75) is 31.8 Å². The normalized spacial score (nSPS) is 18.1. The maximum atomic E-state index is 9.73. The molecule has 0 spiro atoms. The van der Waals surface area contributed by atoms with Gasteiger partial charge in [-0.25, -0.2) is 0 Å². The molecule has 1 aromatic rings. The fourth-order valence-corrected chi connectivity index (χ4v) is 1.82. The third-order valence-electron chi connectivity index (χ3n) is 2.54. The van der Waals surface area contributed by atoms with E-state index in [-0.39, 0.29) is 6.10 Å². The van der Waals surface area contributed by atoms with E-state index in [9.17, 15) is 5.11 Å². The van der Waals surface area contributed by atoms with Gasteiger partial charge >= 0.3 is 0 Å². The Kier molecular flexibility index (Phi) is 3.19. The first kappa shape index (κ1) is 10.1. The van der Waals surface area contributed by atoms with Crippen molar-refractivity contribution in [3.63, 3.8) is 0 Å². The molecule has 1 N–H and O–H groups in total. The Bertz CT molecular complexity index is 295. The summed E-state index contributed by atoms with van der Waals surface area (Å²) in [4.78, 5) is 4.24. The Balaban J connectivity index is 1.85. The number of aromatic nitrogens is 1. The fraction of sp³-hybridized carbons (Fsp3) is 0.545. The van der Waals surface area contributed by atoms with Gasteiger partial charge in [0.2, 0.25) is 0 Å². The summed E-state index contributed by atoms with van der Waals surface area (Å²) >= 11 is 3.34. The first-order chi connectivity index (χ1) is 6.74. The summed E-state index contributed by atoms with van der Waals surface area (Å²) in [6, 6.07) is 3.92. The number of hydrogen-bond acceptors (Lipinski definition) is 2. The van der Waals surface area contributed by atoms with Crippen molar-refractivity contribution < 1.29 is 5.11 Å². The molecule has 76 valence electrons. The number of aliphatic hydroxyl groups is 1. The van der Waals surface area contributed by atoms with Crippen LogP contribution in [0.15, 0.2) is 22.8 Å². The van der Waals surface area contributed by atoms with Gasteiger partial charge < -0.3 is 5.11 Å². The minimum Gasteiger partial charge on any atom is -0.393 e. The summed E-state index contributed by atoms with van der Waals surface area (Å²) in [6.07, 6.45) is 5.78. The molecule has 3 heteroatoms. The van der Waals surface area contributed by atoms with Crippen molar-refractivity contribution in [2.24, 2.45) is 5.92 Å². The summed E-state index contributed by atoms with van der Waals surface area (Å²) < 4.78 is 0.984. The largest absolute Gasteiger partial charge is 0.393 e. The molecule has 14 heavy (non-hydrogen) atoms. The zero-order chi connectivity index (χ0) is 9.97. The standard InChI is InChI=1S/C11H14BrNO/c12-9-3-4-10(13-7-9)6-11(14)5-8-1-2-8/h3-4,7-8,11,14H,1-2,5-6H2. The van der Waals surface area contributed by atoms with E-state index in [2.05, 4.69) is 20.9 Å². The van der Waals surface area contributed by atoms with Gasteiger partial charge in [0.15, 0.2) is 0 Å². The molecule has 2 rings (SSSR count). The molecule has 1 atom stereocenters. The molecule has 1 unspecified atom stereocenters. The summed E-state index contributed by atoms with van der Waals surface area (Å²) in [7, 11) is 0. The van der Waals surface area contributed by atoms with Crippen molar-refractivity contribution in [1.82, 2.24) is 4.98 Å². The Morgan fingerprint density at radius 2 is 2.29 bits per heavy atom. The quantitative estimate of drug-likeness (QED) is 0.898. The van der Waals surface area contributed by atoms with E-state index in [4.69, 9.17) is 0 Å². The zero-order valence-corrected chi connectivity index (χ0v) is 9.57. The fourth-order valence-electron chi connectivity index (χ4n) is 1.59. The number of hydrogen-bond donors (Lipinski definition) is 1. The van der Waals surface area contributed by atoms with E-state index in [0.29, 0.717) is 6.42 Å². The van der Waals surface area contributed by atoms with Gasteiger partial charge in [0.25, 0.3) is 0 Å². The van der Waals surface area contributed by atoms with Crippen LogP contribution >= 0.6 is 15.9 Å². The van der Waals surface area contributed by atoms with Crippen LogP contribution in [0.5, 0.6) is 0 Å². The molecule has 1 saturated carbocycles. The van der Waals surface area contributed by atoms with E-state index in [1.54, 1.807) is 6.20 Å². The average molecular weight is 256 g/mol. The second-order valence-corrected chi connectivity index (χ2v) is 4.92. The Morgan fingerprint density at radius 3 is 2.86 bits per heavy atom. The van der Waals surface area contributed by atoms with Crippen LogP contribution < -0.4 is 0 Å². The van der Waals surface area contributed by atoms with Gasteiger partial charge in [0, 0.05) is 22.8 Å². The molecule has 0 aliphatic heterocycles. The molecule has 1 aliphatic rings. The zero-order valence-electron chi connectivity index (χ0n) is 7.99. The summed E-state index contributed by atoms with van der Waals surface area (Å²) in [5.41, 5.74) is 0.973. The van der Waals surface area contributed by atoms with Crippen molar-refractivity contribution in [3.05, 3.63) is 28.5 Å². The van der Waals surface area contributed by atoms with Crippen molar-refractivity contribution in [1.29, 1.82) is 0 Å². The van der Waals surface area contributed by atoms with Crippen LogP contribution in [-0.2, 0) is 6.42 Å².